The minimum Gasteiger partial charge on any atom is -0.467 e. The molecule has 4 rings (SSSR count). The van der Waals surface area contributed by atoms with Crippen LogP contribution >= 0.6 is 23.1 Å². The van der Waals surface area contributed by atoms with Crippen LogP contribution in [0, 0.1) is 0 Å². The van der Waals surface area contributed by atoms with Crippen molar-refractivity contribution >= 4 is 39.3 Å². The fraction of sp³-hybridized carbons (Fsp3) is 0.421. The van der Waals surface area contributed by atoms with E-state index in [0.717, 1.165) is 41.5 Å². The normalized spacial score (nSPS) is 13.7. The number of thiophene rings is 1. The molecule has 0 spiro atoms. The lowest BCUT2D eigenvalue weighted by Gasteiger charge is -2.12. The first-order chi connectivity index (χ1) is 13.2. The van der Waals surface area contributed by atoms with E-state index in [0.29, 0.717) is 24.1 Å². The number of hydrogen-bond acceptors (Lipinski definition) is 7. The number of nitrogens with zero attached hydrogens (tertiary/aromatic N) is 2. The van der Waals surface area contributed by atoms with Gasteiger partial charge in [-0.15, -0.1) is 11.3 Å². The minimum absolute atomic E-state index is 0.0536. The number of aryl methyl sites for hydroxylation is 2. The summed E-state index contributed by atoms with van der Waals surface area (Å²) in [5.41, 5.74) is 1.11. The first kappa shape index (κ1) is 18.3. The van der Waals surface area contributed by atoms with Gasteiger partial charge in [0, 0.05) is 4.88 Å². The van der Waals surface area contributed by atoms with Gasteiger partial charge in [-0.25, -0.2) is 4.98 Å². The SMILES string of the molecule is CCOC(=O)CSc1nc2sc3c(c2c(=O)n1Cc1ccco1)CCCC3. The van der Waals surface area contributed by atoms with Crippen LogP contribution in [0.2, 0.25) is 0 Å². The molecule has 27 heavy (non-hydrogen) atoms. The largest absolute Gasteiger partial charge is 0.467 e. The summed E-state index contributed by atoms with van der Waals surface area (Å²) >= 11 is 2.85. The number of thioether (sulfide) groups is 1. The Morgan fingerprint density at radius 3 is 3.04 bits per heavy atom. The number of esters is 1. The summed E-state index contributed by atoms with van der Waals surface area (Å²) < 4.78 is 12.1. The molecule has 0 atom stereocenters. The fourth-order valence-electron chi connectivity index (χ4n) is 3.35. The third-order valence-electron chi connectivity index (χ3n) is 4.56. The van der Waals surface area contributed by atoms with Gasteiger partial charge in [-0.1, -0.05) is 11.8 Å². The van der Waals surface area contributed by atoms with E-state index >= 15 is 0 Å². The molecule has 0 unspecified atom stereocenters. The van der Waals surface area contributed by atoms with E-state index in [9.17, 15) is 9.59 Å². The molecule has 142 valence electrons. The smallest absolute Gasteiger partial charge is 0.316 e. The highest BCUT2D eigenvalue weighted by Gasteiger charge is 2.23. The van der Waals surface area contributed by atoms with Crippen molar-refractivity contribution in [2.45, 2.75) is 44.3 Å². The Morgan fingerprint density at radius 2 is 2.26 bits per heavy atom. The van der Waals surface area contributed by atoms with Gasteiger partial charge in [-0.3, -0.25) is 14.2 Å². The molecule has 0 N–H and O–H groups in total. The van der Waals surface area contributed by atoms with Gasteiger partial charge in [0.15, 0.2) is 5.16 Å². The number of carbonyl (C=O) groups is 1. The molecule has 0 saturated heterocycles. The molecule has 0 amide bonds. The highest BCUT2D eigenvalue weighted by atomic mass is 32.2. The minimum atomic E-state index is -0.313. The highest BCUT2D eigenvalue weighted by molar-refractivity contribution is 7.99. The molecule has 0 saturated carbocycles. The average molecular weight is 405 g/mol. The molecule has 1 aliphatic rings. The first-order valence-electron chi connectivity index (χ1n) is 9.03. The second-order valence-electron chi connectivity index (χ2n) is 6.35. The summed E-state index contributed by atoms with van der Waals surface area (Å²) in [6.07, 6.45) is 5.80. The third kappa shape index (κ3) is 3.68. The number of carbonyl (C=O) groups excluding carboxylic acids is 1. The summed E-state index contributed by atoms with van der Waals surface area (Å²) in [7, 11) is 0. The summed E-state index contributed by atoms with van der Waals surface area (Å²) in [6.45, 7) is 2.41. The van der Waals surface area contributed by atoms with E-state index in [1.165, 1.54) is 16.6 Å². The van der Waals surface area contributed by atoms with Gasteiger partial charge in [0.2, 0.25) is 0 Å². The summed E-state index contributed by atoms with van der Waals surface area (Å²) in [5, 5.41) is 1.26. The predicted octanol–water partition coefficient (Wildman–Crippen LogP) is 3.63. The second-order valence-corrected chi connectivity index (χ2v) is 8.38. The van der Waals surface area contributed by atoms with Crippen molar-refractivity contribution < 1.29 is 13.9 Å². The van der Waals surface area contributed by atoms with Crippen LogP contribution in [-0.2, 0) is 28.9 Å². The molecule has 0 aliphatic heterocycles. The van der Waals surface area contributed by atoms with Crippen LogP contribution in [0.5, 0.6) is 0 Å². The number of rotatable bonds is 6. The van der Waals surface area contributed by atoms with E-state index in [1.54, 1.807) is 35.2 Å². The first-order valence-corrected chi connectivity index (χ1v) is 10.8. The fourth-order valence-corrected chi connectivity index (χ4v) is 5.45. The van der Waals surface area contributed by atoms with E-state index in [4.69, 9.17) is 14.1 Å². The summed E-state index contributed by atoms with van der Waals surface area (Å²) in [6, 6.07) is 3.63. The van der Waals surface area contributed by atoms with Crippen molar-refractivity contribution in [1.29, 1.82) is 0 Å². The molecule has 0 fully saturated rings. The molecule has 3 aromatic rings. The van der Waals surface area contributed by atoms with Gasteiger partial charge < -0.3 is 9.15 Å². The van der Waals surface area contributed by atoms with Crippen LogP contribution in [0.4, 0.5) is 0 Å². The predicted molar refractivity (Wildman–Crippen MR) is 106 cm³/mol. The van der Waals surface area contributed by atoms with Crippen molar-refractivity contribution in [3.05, 3.63) is 45.0 Å². The molecule has 0 aromatic carbocycles. The maximum absolute atomic E-state index is 13.3. The van der Waals surface area contributed by atoms with Gasteiger partial charge in [0.05, 0.1) is 30.6 Å². The zero-order chi connectivity index (χ0) is 18.8. The standard InChI is InChI=1S/C19H20N2O4S2/c1-2-24-15(22)11-26-19-20-17-16(13-7-3-4-8-14(13)27-17)18(23)21(19)10-12-6-5-9-25-12/h5-6,9H,2-4,7-8,10-11H2,1H3. The van der Waals surface area contributed by atoms with Gasteiger partial charge >= 0.3 is 5.97 Å². The van der Waals surface area contributed by atoms with Crippen LogP contribution in [0.3, 0.4) is 0 Å². The van der Waals surface area contributed by atoms with Crippen molar-refractivity contribution in [2.75, 3.05) is 12.4 Å². The summed E-state index contributed by atoms with van der Waals surface area (Å²) in [5.74, 6) is 0.488. The number of aromatic nitrogens is 2. The van der Waals surface area contributed by atoms with Crippen LogP contribution in [0.1, 0.15) is 36.0 Å². The molecule has 3 heterocycles. The van der Waals surface area contributed by atoms with Crippen LogP contribution < -0.4 is 5.56 Å². The Morgan fingerprint density at radius 1 is 1.41 bits per heavy atom. The lowest BCUT2D eigenvalue weighted by Crippen LogP contribution is -2.24. The Kier molecular flexibility index (Phi) is 5.36. The molecular formula is C19H20N2O4S2. The quantitative estimate of drug-likeness (QED) is 0.355. The third-order valence-corrected chi connectivity index (χ3v) is 6.69. The lowest BCUT2D eigenvalue weighted by molar-refractivity contribution is -0.139. The molecule has 0 bridgehead atoms. The number of furan rings is 1. The molecule has 3 aromatic heterocycles. The average Bonchev–Trinajstić information content (AvgIpc) is 3.30. The van der Waals surface area contributed by atoms with E-state index in [1.807, 2.05) is 6.07 Å². The monoisotopic (exact) mass is 404 g/mol. The lowest BCUT2D eigenvalue weighted by atomic mass is 9.97. The van der Waals surface area contributed by atoms with Crippen molar-refractivity contribution in [2.24, 2.45) is 0 Å². The Balaban J connectivity index is 1.79. The summed E-state index contributed by atoms with van der Waals surface area (Å²) in [4.78, 5) is 31.9. The van der Waals surface area contributed by atoms with E-state index in [2.05, 4.69) is 0 Å². The van der Waals surface area contributed by atoms with Crippen molar-refractivity contribution in [3.63, 3.8) is 0 Å². The zero-order valence-corrected chi connectivity index (χ0v) is 16.7. The Bertz CT molecular complexity index is 1020. The topological polar surface area (TPSA) is 74.3 Å². The number of fused-ring (bicyclic) bond motifs is 3. The van der Waals surface area contributed by atoms with Gasteiger partial charge in [0.1, 0.15) is 10.6 Å². The van der Waals surface area contributed by atoms with E-state index < -0.39 is 0 Å². The molecule has 0 radical (unpaired) electrons. The maximum atomic E-state index is 13.3. The molecular weight excluding hydrogens is 384 g/mol. The number of hydrogen-bond donors (Lipinski definition) is 0. The van der Waals surface area contributed by atoms with Gasteiger partial charge in [-0.2, -0.15) is 0 Å². The molecule has 6 nitrogen and oxygen atoms in total. The van der Waals surface area contributed by atoms with Crippen LogP contribution in [0.15, 0.2) is 32.8 Å². The zero-order valence-electron chi connectivity index (χ0n) is 15.0. The molecule has 8 heteroatoms. The van der Waals surface area contributed by atoms with Crippen molar-refractivity contribution in [1.82, 2.24) is 9.55 Å². The van der Waals surface area contributed by atoms with Gasteiger partial charge in [0.25, 0.3) is 5.56 Å². The van der Waals surface area contributed by atoms with Crippen LogP contribution in [0.25, 0.3) is 10.2 Å². The van der Waals surface area contributed by atoms with Crippen LogP contribution in [-0.4, -0.2) is 27.9 Å². The maximum Gasteiger partial charge on any atom is 0.316 e. The molecule has 1 aliphatic carbocycles. The Hall–Kier alpha value is -2.06. The Labute approximate surface area is 164 Å². The second kappa shape index (κ2) is 7.90. The number of ether oxygens (including phenoxy) is 1. The van der Waals surface area contributed by atoms with E-state index in [-0.39, 0.29) is 17.3 Å². The van der Waals surface area contributed by atoms with Gasteiger partial charge in [-0.05, 0) is 50.3 Å². The highest BCUT2D eigenvalue weighted by Crippen LogP contribution is 2.34. The van der Waals surface area contributed by atoms with Crippen molar-refractivity contribution in [3.8, 4) is 0 Å².